The fraction of sp³-hybridized carbons (Fsp3) is 0.588. The quantitative estimate of drug-likeness (QED) is 0.543. The Bertz CT molecular complexity index is 750. The first-order valence-electron chi connectivity index (χ1n) is 8.60. The van der Waals surface area contributed by atoms with E-state index in [4.69, 9.17) is 16.7 Å². The Balaban J connectivity index is 1.77. The summed E-state index contributed by atoms with van der Waals surface area (Å²) in [4.78, 5) is 26.7. The van der Waals surface area contributed by atoms with Gasteiger partial charge in [0.15, 0.2) is 0 Å². The van der Waals surface area contributed by atoms with Gasteiger partial charge in [0.2, 0.25) is 0 Å². The first kappa shape index (κ1) is 19.8. The van der Waals surface area contributed by atoms with Crippen molar-refractivity contribution >= 4 is 29.2 Å². The Kier molecular flexibility index (Phi) is 5.02. The maximum Gasteiger partial charge on any atom is 0.376 e. The molecule has 7 nitrogen and oxygen atoms in total. The van der Waals surface area contributed by atoms with Gasteiger partial charge < -0.3 is 20.8 Å². The molecule has 3 saturated carbocycles. The molecule has 1 amide bonds. The molecule has 0 aliphatic heterocycles. The summed E-state index contributed by atoms with van der Waals surface area (Å²) in [6, 6.07) is 1.44. The highest BCUT2D eigenvalue weighted by Gasteiger charge is 2.48. The first-order valence-corrected chi connectivity index (χ1v) is 8.98. The van der Waals surface area contributed by atoms with E-state index in [1.165, 1.54) is 6.07 Å². The number of carboxylic acids is 1. The molecule has 1 aromatic rings. The van der Waals surface area contributed by atoms with Gasteiger partial charge in [-0.2, -0.15) is 8.78 Å². The molecule has 4 rings (SSSR count). The summed E-state index contributed by atoms with van der Waals surface area (Å²) in [6.07, 6.45) is 5.23. The van der Waals surface area contributed by atoms with E-state index < -0.39 is 29.9 Å². The number of hydrogen-bond donors (Lipinski definition) is 4. The lowest BCUT2D eigenvalue weighted by molar-refractivity contribution is -0.163. The molecule has 0 spiro atoms. The third-order valence-corrected chi connectivity index (χ3v) is 5.71. The molecule has 3 aliphatic rings. The van der Waals surface area contributed by atoms with Crippen molar-refractivity contribution < 1.29 is 28.6 Å². The standard InChI is InChI=1S/C17H20ClF2N3O4/c18-12-7-11(23-15-1-4-16(27,5-2-15)6-3-15)10(8-21-12)13(24)22-9-17(19,20)14(25)26/h7-8,27H,1-6,9H2,(H,21,23)(H,22,24)(H,25,26). The van der Waals surface area contributed by atoms with Crippen LogP contribution in [-0.2, 0) is 4.79 Å². The average Bonchev–Trinajstić information content (AvgIpc) is 2.61. The summed E-state index contributed by atoms with van der Waals surface area (Å²) in [5, 5.41) is 24.2. The van der Waals surface area contributed by atoms with Crippen LogP contribution in [0.15, 0.2) is 12.3 Å². The third-order valence-electron chi connectivity index (χ3n) is 5.51. The first-order chi connectivity index (χ1) is 12.5. The number of amides is 1. The van der Waals surface area contributed by atoms with Gasteiger partial charge in [-0.1, -0.05) is 11.6 Å². The number of carbonyl (C=O) groups is 2. The van der Waals surface area contributed by atoms with Crippen molar-refractivity contribution in [1.82, 2.24) is 10.3 Å². The molecule has 2 bridgehead atoms. The molecule has 148 valence electrons. The van der Waals surface area contributed by atoms with Crippen molar-refractivity contribution in [3.8, 4) is 0 Å². The number of nitrogens with zero attached hydrogens (tertiary/aromatic N) is 1. The van der Waals surface area contributed by atoms with Gasteiger partial charge in [0.25, 0.3) is 5.91 Å². The number of hydrogen-bond acceptors (Lipinski definition) is 5. The number of aromatic nitrogens is 1. The van der Waals surface area contributed by atoms with E-state index in [0.717, 1.165) is 6.20 Å². The Labute approximate surface area is 159 Å². The lowest BCUT2D eigenvalue weighted by Crippen LogP contribution is -2.54. The van der Waals surface area contributed by atoms with Gasteiger partial charge in [-0.05, 0) is 44.6 Å². The molecule has 27 heavy (non-hydrogen) atoms. The van der Waals surface area contributed by atoms with Gasteiger partial charge in [0.1, 0.15) is 5.15 Å². The molecule has 0 saturated heterocycles. The molecule has 10 heteroatoms. The van der Waals surface area contributed by atoms with Crippen molar-refractivity contribution in [2.24, 2.45) is 0 Å². The monoisotopic (exact) mass is 403 g/mol. The Morgan fingerprint density at radius 1 is 1.22 bits per heavy atom. The van der Waals surface area contributed by atoms with Crippen LogP contribution in [0.4, 0.5) is 14.5 Å². The van der Waals surface area contributed by atoms with Crippen LogP contribution < -0.4 is 10.6 Å². The molecule has 4 N–H and O–H groups in total. The second kappa shape index (κ2) is 6.87. The summed E-state index contributed by atoms with van der Waals surface area (Å²) in [6.45, 7) is -1.33. The van der Waals surface area contributed by atoms with Gasteiger partial charge in [-0.3, -0.25) is 4.79 Å². The number of rotatable bonds is 6. The van der Waals surface area contributed by atoms with Crippen LogP contribution in [0.1, 0.15) is 48.9 Å². The molecule has 3 aliphatic carbocycles. The predicted molar refractivity (Wildman–Crippen MR) is 93.2 cm³/mol. The van der Waals surface area contributed by atoms with Crippen LogP contribution in [-0.4, -0.2) is 50.7 Å². The highest BCUT2D eigenvalue weighted by atomic mass is 35.5. The Morgan fingerprint density at radius 3 is 2.37 bits per heavy atom. The zero-order valence-electron chi connectivity index (χ0n) is 14.4. The van der Waals surface area contributed by atoms with Crippen LogP contribution in [0.25, 0.3) is 0 Å². The topological polar surface area (TPSA) is 112 Å². The largest absolute Gasteiger partial charge is 0.477 e. The highest BCUT2D eigenvalue weighted by molar-refractivity contribution is 6.29. The van der Waals surface area contributed by atoms with Gasteiger partial charge >= 0.3 is 11.9 Å². The minimum absolute atomic E-state index is 0.00127. The van der Waals surface area contributed by atoms with E-state index in [0.29, 0.717) is 44.2 Å². The van der Waals surface area contributed by atoms with Crippen LogP contribution in [0.3, 0.4) is 0 Å². The predicted octanol–water partition coefficient (Wildman–Crippen LogP) is 2.43. The van der Waals surface area contributed by atoms with Crippen LogP contribution in [0, 0.1) is 0 Å². The fourth-order valence-corrected chi connectivity index (χ4v) is 3.87. The van der Waals surface area contributed by atoms with Gasteiger partial charge in [-0.15, -0.1) is 0 Å². The average molecular weight is 404 g/mol. The number of anilines is 1. The van der Waals surface area contributed by atoms with E-state index in [1.807, 2.05) is 5.32 Å². The number of carbonyl (C=O) groups excluding carboxylic acids is 1. The lowest BCUT2D eigenvalue weighted by atomic mass is 9.63. The maximum absolute atomic E-state index is 13.2. The van der Waals surface area contributed by atoms with E-state index >= 15 is 0 Å². The summed E-state index contributed by atoms with van der Waals surface area (Å²) >= 11 is 5.93. The highest BCUT2D eigenvalue weighted by Crippen LogP contribution is 2.48. The zero-order chi connectivity index (χ0) is 19.9. The maximum atomic E-state index is 13.2. The second-order valence-corrected chi connectivity index (χ2v) is 7.76. The summed E-state index contributed by atoms with van der Waals surface area (Å²) in [5.41, 5.74) is -0.586. The molecule has 0 unspecified atom stereocenters. The van der Waals surface area contributed by atoms with E-state index in [9.17, 15) is 23.5 Å². The SMILES string of the molecule is O=C(NCC(F)(F)C(=O)O)c1cnc(Cl)cc1NC12CCC(O)(CC1)CC2. The summed E-state index contributed by atoms with van der Waals surface area (Å²) in [5.74, 6) is -7.26. The third kappa shape index (κ3) is 4.14. The number of fused-ring (bicyclic) bond motifs is 3. The molecule has 1 aromatic heterocycles. The summed E-state index contributed by atoms with van der Waals surface area (Å²) in [7, 11) is 0. The van der Waals surface area contributed by atoms with E-state index in [-0.39, 0.29) is 16.3 Å². The van der Waals surface area contributed by atoms with E-state index in [1.54, 1.807) is 0 Å². The van der Waals surface area contributed by atoms with Crippen molar-refractivity contribution in [2.75, 3.05) is 11.9 Å². The summed E-state index contributed by atoms with van der Waals surface area (Å²) < 4.78 is 26.5. The van der Waals surface area contributed by atoms with Crippen LogP contribution in [0.5, 0.6) is 0 Å². The number of pyridine rings is 1. The second-order valence-electron chi connectivity index (χ2n) is 7.37. The van der Waals surface area contributed by atoms with Crippen molar-refractivity contribution in [1.29, 1.82) is 0 Å². The molecule has 1 heterocycles. The fourth-order valence-electron chi connectivity index (χ4n) is 3.72. The number of aliphatic carboxylic acids is 1. The minimum Gasteiger partial charge on any atom is -0.477 e. The number of alkyl halides is 2. The molecular formula is C17H20ClF2N3O4. The number of aliphatic hydroxyl groups is 1. The van der Waals surface area contributed by atoms with Crippen molar-refractivity contribution in [3.63, 3.8) is 0 Å². The minimum atomic E-state index is -4.07. The van der Waals surface area contributed by atoms with Gasteiger partial charge in [0, 0.05) is 11.7 Å². The molecule has 0 aromatic carbocycles. The number of carboxylic acid groups (broad SMARTS) is 1. The number of halogens is 3. The zero-order valence-corrected chi connectivity index (χ0v) is 15.2. The van der Waals surface area contributed by atoms with Crippen LogP contribution >= 0.6 is 11.6 Å². The normalized spacial score (nSPS) is 27.3. The van der Waals surface area contributed by atoms with Gasteiger partial charge in [-0.25, -0.2) is 9.78 Å². The van der Waals surface area contributed by atoms with Crippen molar-refractivity contribution in [3.05, 3.63) is 23.0 Å². The molecule has 0 atom stereocenters. The van der Waals surface area contributed by atoms with Crippen LogP contribution in [0.2, 0.25) is 5.15 Å². The Morgan fingerprint density at radius 2 is 1.81 bits per heavy atom. The van der Waals surface area contributed by atoms with E-state index in [2.05, 4.69) is 10.3 Å². The number of nitrogens with one attached hydrogen (secondary N) is 2. The smallest absolute Gasteiger partial charge is 0.376 e. The Hall–Kier alpha value is -2.00. The molecule has 0 radical (unpaired) electrons. The molecule has 3 fully saturated rings. The molecular weight excluding hydrogens is 384 g/mol. The van der Waals surface area contributed by atoms with Gasteiger partial charge in [0.05, 0.1) is 23.4 Å². The lowest BCUT2D eigenvalue weighted by Gasteiger charge is -2.51. The van der Waals surface area contributed by atoms with Crippen molar-refractivity contribution in [2.45, 2.75) is 55.6 Å².